The van der Waals surface area contributed by atoms with E-state index in [2.05, 4.69) is 39.6 Å². The molecule has 1 aromatic carbocycles. The first-order valence-corrected chi connectivity index (χ1v) is 9.76. The molecule has 4 rings (SSSR count). The SMILES string of the molecule is Cc1ccc(-c2cc(C(=O)NC3CCN(Cc4ccccc4)CC3)n(C)n2)o1. The molecule has 1 N–H and O–H groups in total. The highest BCUT2D eigenvalue weighted by Crippen LogP contribution is 2.22. The zero-order valence-electron chi connectivity index (χ0n) is 16.4. The Morgan fingerprint density at radius 1 is 1.18 bits per heavy atom. The van der Waals surface area contributed by atoms with Gasteiger partial charge in [-0.3, -0.25) is 14.4 Å². The molecule has 0 aliphatic carbocycles. The third kappa shape index (κ3) is 4.17. The molecule has 0 unspecified atom stereocenters. The maximum Gasteiger partial charge on any atom is 0.269 e. The molecule has 1 saturated heterocycles. The maximum absolute atomic E-state index is 12.7. The van der Waals surface area contributed by atoms with Gasteiger partial charge in [-0.2, -0.15) is 5.10 Å². The molecule has 1 fully saturated rings. The molecule has 2 aromatic heterocycles. The van der Waals surface area contributed by atoms with Gasteiger partial charge in [-0.1, -0.05) is 30.3 Å². The molecule has 1 aliphatic rings. The number of piperidine rings is 1. The summed E-state index contributed by atoms with van der Waals surface area (Å²) in [5, 5.41) is 7.59. The largest absolute Gasteiger partial charge is 0.460 e. The normalized spacial score (nSPS) is 15.6. The lowest BCUT2D eigenvalue weighted by Crippen LogP contribution is -2.44. The lowest BCUT2D eigenvalue weighted by molar-refractivity contribution is 0.0899. The molecule has 28 heavy (non-hydrogen) atoms. The van der Waals surface area contributed by atoms with Gasteiger partial charge in [0, 0.05) is 38.8 Å². The zero-order chi connectivity index (χ0) is 19.5. The number of nitrogens with zero attached hydrogens (tertiary/aromatic N) is 3. The van der Waals surface area contributed by atoms with Crippen LogP contribution in [0.4, 0.5) is 0 Å². The van der Waals surface area contributed by atoms with Crippen LogP contribution in [0.5, 0.6) is 0 Å². The van der Waals surface area contributed by atoms with Crippen LogP contribution in [-0.4, -0.2) is 39.7 Å². The summed E-state index contributed by atoms with van der Waals surface area (Å²) in [6, 6.07) is 16.3. The Morgan fingerprint density at radius 2 is 1.93 bits per heavy atom. The number of likely N-dealkylation sites (tertiary alicyclic amines) is 1. The summed E-state index contributed by atoms with van der Waals surface area (Å²) in [5.41, 5.74) is 2.56. The average Bonchev–Trinajstić information content (AvgIpc) is 3.30. The van der Waals surface area contributed by atoms with Crippen LogP contribution in [0.2, 0.25) is 0 Å². The quantitative estimate of drug-likeness (QED) is 0.739. The second-order valence-corrected chi connectivity index (χ2v) is 7.46. The fraction of sp³-hybridized carbons (Fsp3) is 0.364. The van der Waals surface area contributed by atoms with E-state index in [1.54, 1.807) is 17.8 Å². The number of nitrogens with one attached hydrogen (secondary N) is 1. The number of carbonyl (C=O) groups excluding carboxylic acids is 1. The molecular weight excluding hydrogens is 352 g/mol. The highest BCUT2D eigenvalue weighted by Gasteiger charge is 2.23. The van der Waals surface area contributed by atoms with Crippen LogP contribution < -0.4 is 5.32 Å². The van der Waals surface area contributed by atoms with Crippen molar-refractivity contribution in [1.29, 1.82) is 0 Å². The van der Waals surface area contributed by atoms with E-state index in [0.717, 1.165) is 38.2 Å². The number of hydrogen-bond donors (Lipinski definition) is 1. The highest BCUT2D eigenvalue weighted by atomic mass is 16.3. The molecule has 0 bridgehead atoms. The highest BCUT2D eigenvalue weighted by molar-refractivity contribution is 5.93. The van der Waals surface area contributed by atoms with Crippen molar-refractivity contribution in [3.8, 4) is 11.5 Å². The summed E-state index contributed by atoms with van der Waals surface area (Å²) in [6.45, 7) is 4.84. The predicted octanol–water partition coefficient (Wildman–Crippen LogP) is 3.38. The topological polar surface area (TPSA) is 63.3 Å². The van der Waals surface area contributed by atoms with E-state index in [1.807, 2.05) is 25.1 Å². The third-order valence-corrected chi connectivity index (χ3v) is 5.28. The summed E-state index contributed by atoms with van der Waals surface area (Å²) >= 11 is 0. The van der Waals surface area contributed by atoms with E-state index in [9.17, 15) is 4.79 Å². The van der Waals surface area contributed by atoms with Gasteiger partial charge >= 0.3 is 0 Å². The first-order valence-electron chi connectivity index (χ1n) is 9.76. The molecule has 1 aliphatic heterocycles. The van der Waals surface area contributed by atoms with Crippen molar-refractivity contribution in [2.75, 3.05) is 13.1 Å². The smallest absolute Gasteiger partial charge is 0.269 e. The van der Waals surface area contributed by atoms with Crippen LogP contribution in [0.1, 0.15) is 34.7 Å². The van der Waals surface area contributed by atoms with Gasteiger partial charge < -0.3 is 9.73 Å². The fourth-order valence-electron chi connectivity index (χ4n) is 3.71. The number of aromatic nitrogens is 2. The van der Waals surface area contributed by atoms with Crippen LogP contribution in [-0.2, 0) is 13.6 Å². The van der Waals surface area contributed by atoms with Crippen molar-refractivity contribution >= 4 is 5.91 Å². The maximum atomic E-state index is 12.7. The van der Waals surface area contributed by atoms with Crippen LogP contribution in [0.25, 0.3) is 11.5 Å². The summed E-state index contributed by atoms with van der Waals surface area (Å²) < 4.78 is 7.23. The number of aryl methyl sites for hydroxylation is 2. The van der Waals surface area contributed by atoms with Crippen molar-refractivity contribution in [2.45, 2.75) is 32.4 Å². The van der Waals surface area contributed by atoms with E-state index in [-0.39, 0.29) is 11.9 Å². The summed E-state index contributed by atoms with van der Waals surface area (Å²) in [6.07, 6.45) is 1.92. The van der Waals surface area contributed by atoms with Gasteiger partial charge in [0.25, 0.3) is 5.91 Å². The van der Waals surface area contributed by atoms with Gasteiger partial charge in [0.05, 0.1) is 0 Å². The second kappa shape index (κ2) is 8.02. The fourth-order valence-corrected chi connectivity index (χ4v) is 3.71. The predicted molar refractivity (Wildman–Crippen MR) is 108 cm³/mol. The van der Waals surface area contributed by atoms with E-state index in [1.165, 1.54) is 5.56 Å². The van der Waals surface area contributed by atoms with E-state index in [0.29, 0.717) is 17.1 Å². The monoisotopic (exact) mass is 378 g/mol. The second-order valence-electron chi connectivity index (χ2n) is 7.46. The van der Waals surface area contributed by atoms with Gasteiger partial charge in [-0.15, -0.1) is 0 Å². The van der Waals surface area contributed by atoms with E-state index in [4.69, 9.17) is 4.42 Å². The van der Waals surface area contributed by atoms with Crippen LogP contribution in [0.15, 0.2) is 52.9 Å². The molecule has 3 heterocycles. The minimum Gasteiger partial charge on any atom is -0.460 e. The van der Waals surface area contributed by atoms with Crippen LogP contribution in [0, 0.1) is 6.92 Å². The van der Waals surface area contributed by atoms with Gasteiger partial charge in [-0.05, 0) is 37.5 Å². The Balaban J connectivity index is 1.33. The van der Waals surface area contributed by atoms with Gasteiger partial charge in [0.15, 0.2) is 5.76 Å². The number of amides is 1. The third-order valence-electron chi connectivity index (χ3n) is 5.28. The Kier molecular flexibility index (Phi) is 5.30. The molecule has 0 saturated carbocycles. The summed E-state index contributed by atoms with van der Waals surface area (Å²) in [5.74, 6) is 1.43. The first-order chi connectivity index (χ1) is 13.6. The Morgan fingerprint density at radius 3 is 2.61 bits per heavy atom. The van der Waals surface area contributed by atoms with Crippen molar-refractivity contribution in [3.05, 3.63) is 65.5 Å². The average molecular weight is 378 g/mol. The van der Waals surface area contributed by atoms with Crippen molar-refractivity contribution in [2.24, 2.45) is 7.05 Å². The molecule has 6 nitrogen and oxygen atoms in total. The minimum atomic E-state index is -0.0777. The minimum absolute atomic E-state index is 0.0777. The lowest BCUT2D eigenvalue weighted by Gasteiger charge is -2.32. The van der Waals surface area contributed by atoms with Gasteiger partial charge in [0.1, 0.15) is 17.1 Å². The Bertz CT molecular complexity index is 937. The Labute approximate surface area is 165 Å². The number of carbonyl (C=O) groups is 1. The lowest BCUT2D eigenvalue weighted by atomic mass is 10.0. The van der Waals surface area contributed by atoms with Crippen molar-refractivity contribution in [3.63, 3.8) is 0 Å². The molecule has 0 radical (unpaired) electrons. The summed E-state index contributed by atoms with van der Waals surface area (Å²) in [7, 11) is 1.79. The van der Waals surface area contributed by atoms with Gasteiger partial charge in [-0.25, -0.2) is 0 Å². The molecule has 0 atom stereocenters. The molecule has 3 aromatic rings. The molecular formula is C22H26N4O2. The van der Waals surface area contributed by atoms with Crippen LogP contribution >= 0.6 is 0 Å². The number of furan rings is 1. The first kappa shape index (κ1) is 18.5. The van der Waals surface area contributed by atoms with E-state index >= 15 is 0 Å². The standard InChI is InChI=1S/C22H26N4O2/c1-16-8-9-21(28-16)19-14-20(25(2)24-19)22(27)23-18-10-12-26(13-11-18)15-17-6-4-3-5-7-17/h3-9,14,18H,10-13,15H2,1-2H3,(H,23,27). The van der Waals surface area contributed by atoms with Crippen molar-refractivity contribution in [1.82, 2.24) is 20.0 Å². The number of hydrogen-bond acceptors (Lipinski definition) is 4. The molecule has 0 spiro atoms. The number of rotatable bonds is 5. The molecule has 6 heteroatoms. The summed E-state index contributed by atoms with van der Waals surface area (Å²) in [4.78, 5) is 15.2. The zero-order valence-corrected chi connectivity index (χ0v) is 16.4. The molecule has 1 amide bonds. The van der Waals surface area contributed by atoms with Crippen molar-refractivity contribution < 1.29 is 9.21 Å². The number of benzene rings is 1. The molecule has 146 valence electrons. The Hall–Kier alpha value is -2.86. The van der Waals surface area contributed by atoms with Crippen LogP contribution in [0.3, 0.4) is 0 Å². The van der Waals surface area contributed by atoms with Gasteiger partial charge in [0.2, 0.25) is 0 Å². The van der Waals surface area contributed by atoms with E-state index < -0.39 is 0 Å².